The van der Waals surface area contributed by atoms with Crippen LogP contribution in [-0.2, 0) is 21.7 Å². The monoisotopic (exact) mass is 576 g/mol. The van der Waals surface area contributed by atoms with Gasteiger partial charge in [0.1, 0.15) is 11.8 Å². The summed E-state index contributed by atoms with van der Waals surface area (Å²) in [6.07, 6.45) is 1.71. The third kappa shape index (κ3) is 8.40. The van der Waals surface area contributed by atoms with E-state index in [0.717, 1.165) is 20.4 Å². The molecule has 0 fully saturated rings. The average Bonchev–Trinajstić information content (AvgIpc) is 2.90. The fourth-order valence-corrected chi connectivity index (χ4v) is 3.66. The number of hydrogen-bond donors (Lipinski definition) is 1. The lowest BCUT2D eigenvalue weighted by atomic mass is 9.91. The van der Waals surface area contributed by atoms with Crippen molar-refractivity contribution in [3.8, 4) is 5.75 Å². The van der Waals surface area contributed by atoms with Gasteiger partial charge in [0.2, 0.25) is 0 Å². The molecule has 0 saturated heterocycles. The average molecular weight is 577 g/mol. The molecule has 3 aromatic rings. The predicted molar refractivity (Wildman–Crippen MR) is 148 cm³/mol. The van der Waals surface area contributed by atoms with Gasteiger partial charge in [0.05, 0.1) is 12.8 Å². The first-order valence-electron chi connectivity index (χ1n) is 11.7. The summed E-state index contributed by atoms with van der Waals surface area (Å²) in [5, 5.41) is 3.23. The second-order valence-corrected chi connectivity index (χ2v) is 8.38. The van der Waals surface area contributed by atoms with E-state index in [2.05, 4.69) is 32.9 Å². The first-order valence-corrected chi connectivity index (χ1v) is 12.8. The maximum atomic E-state index is 13.0. The van der Waals surface area contributed by atoms with Crippen molar-refractivity contribution in [1.82, 2.24) is 10.3 Å². The molecule has 2 aromatic carbocycles. The van der Waals surface area contributed by atoms with Gasteiger partial charge in [0.25, 0.3) is 0 Å². The van der Waals surface area contributed by atoms with Crippen LogP contribution in [0.4, 0.5) is 0 Å². The van der Waals surface area contributed by atoms with E-state index < -0.39 is 11.6 Å². The fourth-order valence-electron chi connectivity index (χ4n) is 3.12. The zero-order valence-electron chi connectivity index (χ0n) is 21.3. The number of esters is 1. The van der Waals surface area contributed by atoms with E-state index in [9.17, 15) is 4.79 Å². The van der Waals surface area contributed by atoms with Crippen LogP contribution in [0.25, 0.3) is 0 Å². The molecule has 3 rings (SSSR count). The zero-order chi connectivity index (χ0) is 25.6. The standard InChI is InChI=1S/C24H25IN2O3.2C2H6/c1-17(27-16-18-8-6-11-21(14-18)29-3)23(28)30-24(2,22-12-4-5-13-26-22)19-9-7-10-20(25)15-19;2*1-2/h4-15,17,27H,16H2,1-3H3;2*1-2H3. The van der Waals surface area contributed by atoms with Crippen LogP contribution in [0.3, 0.4) is 0 Å². The van der Waals surface area contributed by atoms with Gasteiger partial charge in [-0.05, 0) is 78.4 Å². The van der Waals surface area contributed by atoms with Gasteiger partial charge < -0.3 is 14.8 Å². The van der Waals surface area contributed by atoms with Gasteiger partial charge >= 0.3 is 5.97 Å². The molecular weight excluding hydrogens is 539 g/mol. The van der Waals surface area contributed by atoms with Crippen LogP contribution in [0.5, 0.6) is 5.75 Å². The molecular formula is C28H37IN2O3. The number of aromatic nitrogens is 1. The van der Waals surface area contributed by atoms with Crippen LogP contribution >= 0.6 is 22.6 Å². The number of carbonyl (C=O) groups is 1. The SMILES string of the molecule is CC.CC.COc1cccc(CNC(C)C(=O)OC(C)(c2cccc(I)c2)c2ccccn2)c1. The maximum absolute atomic E-state index is 13.0. The Hall–Kier alpha value is -2.45. The summed E-state index contributed by atoms with van der Waals surface area (Å²) in [7, 11) is 1.63. The highest BCUT2D eigenvalue weighted by atomic mass is 127. The van der Waals surface area contributed by atoms with Crippen molar-refractivity contribution < 1.29 is 14.3 Å². The van der Waals surface area contributed by atoms with Gasteiger partial charge in [-0.1, -0.05) is 58.0 Å². The Bertz CT molecular complexity index is 998. The van der Waals surface area contributed by atoms with Crippen molar-refractivity contribution in [1.29, 1.82) is 0 Å². The van der Waals surface area contributed by atoms with E-state index in [1.807, 2.05) is 101 Å². The summed E-state index contributed by atoms with van der Waals surface area (Å²) in [5.74, 6) is 0.441. The summed E-state index contributed by atoms with van der Waals surface area (Å²) < 4.78 is 12.4. The minimum absolute atomic E-state index is 0.343. The summed E-state index contributed by atoms with van der Waals surface area (Å²) in [5.41, 5.74) is 1.59. The molecule has 1 heterocycles. The van der Waals surface area contributed by atoms with Crippen LogP contribution < -0.4 is 10.1 Å². The fraction of sp³-hybridized carbons (Fsp3) is 0.357. The summed E-state index contributed by atoms with van der Waals surface area (Å²) >= 11 is 2.25. The number of ether oxygens (including phenoxy) is 2. The van der Waals surface area contributed by atoms with E-state index >= 15 is 0 Å². The highest BCUT2D eigenvalue weighted by Gasteiger charge is 2.36. The van der Waals surface area contributed by atoms with Crippen molar-refractivity contribution >= 4 is 28.6 Å². The van der Waals surface area contributed by atoms with E-state index in [0.29, 0.717) is 12.2 Å². The zero-order valence-corrected chi connectivity index (χ0v) is 23.4. The normalized spacial score (nSPS) is 12.6. The van der Waals surface area contributed by atoms with Crippen LogP contribution in [0.1, 0.15) is 58.4 Å². The van der Waals surface area contributed by atoms with Crippen LogP contribution in [0.2, 0.25) is 0 Å². The molecule has 184 valence electrons. The summed E-state index contributed by atoms with van der Waals surface area (Å²) in [4.78, 5) is 17.5. The maximum Gasteiger partial charge on any atom is 0.324 e. The number of halogens is 1. The lowest BCUT2D eigenvalue weighted by Gasteiger charge is -2.31. The Balaban J connectivity index is 0.00000137. The van der Waals surface area contributed by atoms with Crippen molar-refractivity contribution in [2.75, 3.05) is 7.11 Å². The summed E-state index contributed by atoms with van der Waals surface area (Å²) in [6.45, 7) is 12.2. The van der Waals surface area contributed by atoms with Gasteiger partial charge in [0, 0.05) is 21.9 Å². The topological polar surface area (TPSA) is 60.5 Å². The number of rotatable bonds is 8. The molecule has 0 aliphatic carbocycles. The molecule has 6 heteroatoms. The lowest BCUT2D eigenvalue weighted by Crippen LogP contribution is -2.41. The van der Waals surface area contributed by atoms with Gasteiger partial charge in [-0.15, -0.1) is 0 Å². The molecule has 5 nitrogen and oxygen atoms in total. The van der Waals surface area contributed by atoms with E-state index in [-0.39, 0.29) is 5.97 Å². The van der Waals surface area contributed by atoms with Gasteiger partial charge in [-0.25, -0.2) is 0 Å². The predicted octanol–water partition coefficient (Wildman–Crippen LogP) is 6.73. The Labute approximate surface area is 218 Å². The number of pyridine rings is 1. The highest BCUT2D eigenvalue weighted by Crippen LogP contribution is 2.33. The molecule has 2 atom stereocenters. The van der Waals surface area contributed by atoms with Crippen molar-refractivity contribution in [3.05, 3.63) is 93.3 Å². The largest absolute Gasteiger partial charge is 0.497 e. The molecule has 2 unspecified atom stereocenters. The van der Waals surface area contributed by atoms with Crippen molar-refractivity contribution in [3.63, 3.8) is 0 Å². The Kier molecular flexibility index (Phi) is 13.4. The first kappa shape index (κ1) is 29.6. The minimum Gasteiger partial charge on any atom is -0.497 e. The molecule has 0 radical (unpaired) electrons. The molecule has 0 amide bonds. The van der Waals surface area contributed by atoms with E-state index in [4.69, 9.17) is 9.47 Å². The third-order valence-corrected chi connectivity index (χ3v) is 5.60. The molecule has 0 spiro atoms. The Morgan fingerprint density at radius 2 is 1.74 bits per heavy atom. The molecule has 1 aromatic heterocycles. The molecule has 0 saturated carbocycles. The van der Waals surface area contributed by atoms with E-state index in [1.165, 1.54) is 0 Å². The molecule has 0 aliphatic rings. The number of methoxy groups -OCH3 is 1. The second kappa shape index (κ2) is 15.5. The van der Waals surface area contributed by atoms with E-state index in [1.54, 1.807) is 20.2 Å². The summed E-state index contributed by atoms with van der Waals surface area (Å²) in [6, 6.07) is 20.8. The second-order valence-electron chi connectivity index (χ2n) is 7.13. The van der Waals surface area contributed by atoms with Gasteiger partial charge in [0.15, 0.2) is 5.60 Å². The highest BCUT2D eigenvalue weighted by molar-refractivity contribution is 14.1. The molecule has 0 bridgehead atoms. The molecule has 0 aliphatic heterocycles. The van der Waals surface area contributed by atoms with Crippen LogP contribution in [0, 0.1) is 3.57 Å². The minimum atomic E-state index is -0.995. The van der Waals surface area contributed by atoms with Crippen molar-refractivity contribution in [2.24, 2.45) is 0 Å². The van der Waals surface area contributed by atoms with Crippen LogP contribution in [-0.4, -0.2) is 24.1 Å². The quantitative estimate of drug-likeness (QED) is 0.238. The molecule has 34 heavy (non-hydrogen) atoms. The number of hydrogen-bond acceptors (Lipinski definition) is 5. The Morgan fingerprint density at radius 1 is 1.03 bits per heavy atom. The smallest absolute Gasteiger partial charge is 0.324 e. The molecule has 1 N–H and O–H groups in total. The number of nitrogens with one attached hydrogen (secondary N) is 1. The first-order chi connectivity index (χ1) is 16.4. The number of nitrogens with zero attached hydrogens (tertiary/aromatic N) is 1. The lowest BCUT2D eigenvalue weighted by molar-refractivity contribution is -0.157. The van der Waals surface area contributed by atoms with Crippen LogP contribution in [0.15, 0.2) is 72.9 Å². The van der Waals surface area contributed by atoms with Gasteiger partial charge in [-0.2, -0.15) is 0 Å². The van der Waals surface area contributed by atoms with Crippen molar-refractivity contribution in [2.45, 2.75) is 59.7 Å². The third-order valence-electron chi connectivity index (χ3n) is 4.93. The Morgan fingerprint density at radius 3 is 2.35 bits per heavy atom. The number of benzene rings is 2. The van der Waals surface area contributed by atoms with Gasteiger partial charge in [-0.3, -0.25) is 9.78 Å². The number of carbonyl (C=O) groups excluding carboxylic acids is 1.